The van der Waals surface area contributed by atoms with Gasteiger partial charge in [0.25, 0.3) is 0 Å². The maximum absolute atomic E-state index is 10.6. The number of aromatic carboxylic acids is 1. The summed E-state index contributed by atoms with van der Waals surface area (Å²) < 4.78 is 0. The Morgan fingerprint density at radius 2 is 2.38 bits per heavy atom. The first-order valence-corrected chi connectivity index (χ1v) is 3.75. The lowest BCUT2D eigenvalue weighted by Crippen LogP contribution is -2.05. The zero-order valence-electron chi connectivity index (χ0n) is 7.03. The Bertz CT molecular complexity index is 323. The van der Waals surface area contributed by atoms with Gasteiger partial charge in [-0.25, -0.2) is 4.79 Å². The smallest absolute Gasteiger partial charge is 0.335 e. The minimum absolute atomic E-state index is 0.281. The maximum atomic E-state index is 10.6. The van der Waals surface area contributed by atoms with Gasteiger partial charge in [-0.15, -0.1) is 0 Å². The number of nitrogens with zero attached hydrogens (tertiary/aromatic N) is 1. The Balaban J connectivity index is 2.79. The van der Waals surface area contributed by atoms with Crippen molar-refractivity contribution in [2.45, 2.75) is 6.54 Å². The van der Waals surface area contributed by atoms with E-state index in [0.29, 0.717) is 6.54 Å². The van der Waals surface area contributed by atoms with Crippen molar-refractivity contribution in [2.24, 2.45) is 5.10 Å². The average Bonchev–Trinajstić information content (AvgIpc) is 2.15. The highest BCUT2D eigenvalue weighted by atomic mass is 16.4. The van der Waals surface area contributed by atoms with Crippen LogP contribution in [-0.2, 0) is 6.54 Å². The molecule has 0 heterocycles. The number of carboxylic acids is 1. The van der Waals surface area contributed by atoms with Gasteiger partial charge in [0.05, 0.1) is 12.1 Å². The van der Waals surface area contributed by atoms with Gasteiger partial charge in [-0.05, 0) is 17.7 Å². The van der Waals surface area contributed by atoms with Gasteiger partial charge in [-0.3, -0.25) is 0 Å². The molecule has 0 spiro atoms. The lowest BCUT2D eigenvalue weighted by molar-refractivity contribution is 0.0697. The predicted octanol–water partition coefficient (Wildman–Crippen LogP) is 1.09. The number of hydrogen-bond donors (Lipinski definition) is 2. The van der Waals surface area contributed by atoms with Crippen LogP contribution in [0.15, 0.2) is 29.4 Å². The molecule has 0 radical (unpaired) electrons. The van der Waals surface area contributed by atoms with Crippen LogP contribution in [0, 0.1) is 0 Å². The molecule has 2 N–H and O–H groups in total. The molecule has 4 nitrogen and oxygen atoms in total. The zero-order chi connectivity index (χ0) is 9.68. The second-order valence-corrected chi connectivity index (χ2v) is 2.50. The first kappa shape index (κ1) is 9.25. The lowest BCUT2D eigenvalue weighted by Gasteiger charge is -2.01. The van der Waals surface area contributed by atoms with Crippen LogP contribution in [-0.4, -0.2) is 17.8 Å². The Kier molecular flexibility index (Phi) is 3.03. The van der Waals surface area contributed by atoms with E-state index in [-0.39, 0.29) is 5.56 Å². The number of carboxylic acid groups (broad SMARTS) is 1. The summed E-state index contributed by atoms with van der Waals surface area (Å²) in [5, 5.41) is 12.1. The number of hydrazone groups is 1. The fraction of sp³-hybridized carbons (Fsp3) is 0.111. The first-order valence-electron chi connectivity index (χ1n) is 3.75. The largest absolute Gasteiger partial charge is 0.478 e. The molecule has 0 aliphatic heterocycles. The third kappa shape index (κ3) is 2.59. The number of nitrogens with one attached hydrogen (secondary N) is 1. The molecule has 4 heteroatoms. The van der Waals surface area contributed by atoms with Crippen molar-refractivity contribution in [3.8, 4) is 0 Å². The Morgan fingerprint density at radius 3 is 3.00 bits per heavy atom. The molecule has 0 saturated carbocycles. The average molecular weight is 178 g/mol. The normalized spacial score (nSPS) is 9.23. The minimum atomic E-state index is -0.923. The Morgan fingerprint density at radius 1 is 1.62 bits per heavy atom. The van der Waals surface area contributed by atoms with E-state index in [2.05, 4.69) is 17.2 Å². The van der Waals surface area contributed by atoms with Gasteiger partial charge < -0.3 is 10.5 Å². The Hall–Kier alpha value is -1.84. The fourth-order valence-corrected chi connectivity index (χ4v) is 0.962. The summed E-state index contributed by atoms with van der Waals surface area (Å²) in [5.74, 6) is -0.923. The van der Waals surface area contributed by atoms with Gasteiger partial charge in [0.1, 0.15) is 0 Å². The van der Waals surface area contributed by atoms with Crippen molar-refractivity contribution in [3.63, 3.8) is 0 Å². The fourth-order valence-electron chi connectivity index (χ4n) is 0.962. The molecule has 1 rings (SSSR count). The van der Waals surface area contributed by atoms with E-state index in [9.17, 15) is 4.79 Å². The van der Waals surface area contributed by atoms with E-state index in [1.807, 2.05) is 6.07 Å². The van der Waals surface area contributed by atoms with Crippen LogP contribution in [0.4, 0.5) is 0 Å². The lowest BCUT2D eigenvalue weighted by atomic mass is 10.1. The van der Waals surface area contributed by atoms with Crippen LogP contribution in [0.25, 0.3) is 0 Å². The Labute approximate surface area is 75.9 Å². The van der Waals surface area contributed by atoms with E-state index >= 15 is 0 Å². The molecule has 0 atom stereocenters. The predicted molar refractivity (Wildman–Crippen MR) is 49.8 cm³/mol. The van der Waals surface area contributed by atoms with Crippen LogP contribution in [0.2, 0.25) is 0 Å². The number of rotatable bonds is 4. The first-order chi connectivity index (χ1) is 6.24. The molecule has 0 saturated heterocycles. The quantitative estimate of drug-likeness (QED) is 0.536. The molecule has 1 aromatic rings. The van der Waals surface area contributed by atoms with Crippen molar-refractivity contribution >= 4 is 12.7 Å². The zero-order valence-corrected chi connectivity index (χ0v) is 7.03. The van der Waals surface area contributed by atoms with Crippen molar-refractivity contribution in [1.29, 1.82) is 0 Å². The van der Waals surface area contributed by atoms with Gasteiger partial charge in [-0.1, -0.05) is 12.1 Å². The summed E-state index contributed by atoms with van der Waals surface area (Å²) in [6, 6.07) is 6.67. The van der Waals surface area contributed by atoms with E-state index in [0.717, 1.165) is 5.56 Å². The molecular formula is C9H10N2O2. The van der Waals surface area contributed by atoms with Gasteiger partial charge in [0.15, 0.2) is 0 Å². The van der Waals surface area contributed by atoms with Crippen LogP contribution in [0.5, 0.6) is 0 Å². The summed E-state index contributed by atoms with van der Waals surface area (Å²) in [4.78, 5) is 10.6. The van der Waals surface area contributed by atoms with Crippen LogP contribution >= 0.6 is 0 Å². The van der Waals surface area contributed by atoms with Gasteiger partial charge in [0, 0.05) is 6.72 Å². The van der Waals surface area contributed by atoms with Crippen LogP contribution in [0.3, 0.4) is 0 Å². The van der Waals surface area contributed by atoms with Crippen molar-refractivity contribution in [2.75, 3.05) is 0 Å². The summed E-state index contributed by atoms with van der Waals surface area (Å²) in [6.45, 7) is 3.75. The molecule has 0 amide bonds. The second-order valence-electron chi connectivity index (χ2n) is 2.50. The van der Waals surface area contributed by atoms with Crippen molar-refractivity contribution in [1.82, 2.24) is 5.43 Å². The van der Waals surface area contributed by atoms with E-state index in [1.54, 1.807) is 18.2 Å². The number of carbonyl (C=O) groups is 1. The molecule has 0 aromatic heterocycles. The molecule has 0 unspecified atom stereocenters. The topological polar surface area (TPSA) is 61.7 Å². The molecule has 0 fully saturated rings. The molecule has 0 aliphatic rings. The molecular weight excluding hydrogens is 168 g/mol. The molecule has 0 bridgehead atoms. The van der Waals surface area contributed by atoms with Crippen molar-refractivity contribution < 1.29 is 9.90 Å². The number of benzene rings is 1. The molecule has 13 heavy (non-hydrogen) atoms. The second kappa shape index (κ2) is 4.25. The van der Waals surface area contributed by atoms with Gasteiger partial charge >= 0.3 is 5.97 Å². The summed E-state index contributed by atoms with van der Waals surface area (Å²) in [6.07, 6.45) is 0. The third-order valence-corrected chi connectivity index (χ3v) is 1.57. The summed E-state index contributed by atoms with van der Waals surface area (Å²) in [5.41, 5.74) is 3.80. The monoisotopic (exact) mass is 178 g/mol. The van der Waals surface area contributed by atoms with Crippen LogP contribution in [0.1, 0.15) is 15.9 Å². The maximum Gasteiger partial charge on any atom is 0.335 e. The highest BCUT2D eigenvalue weighted by molar-refractivity contribution is 5.87. The minimum Gasteiger partial charge on any atom is -0.478 e. The van der Waals surface area contributed by atoms with Crippen LogP contribution < -0.4 is 5.43 Å². The van der Waals surface area contributed by atoms with E-state index in [1.165, 1.54) is 0 Å². The third-order valence-electron chi connectivity index (χ3n) is 1.57. The SMILES string of the molecule is C=NNCc1cccc(C(=O)O)c1. The summed E-state index contributed by atoms with van der Waals surface area (Å²) >= 11 is 0. The molecule has 68 valence electrons. The van der Waals surface area contributed by atoms with Gasteiger partial charge in [0.2, 0.25) is 0 Å². The van der Waals surface area contributed by atoms with Gasteiger partial charge in [-0.2, -0.15) is 5.10 Å². The van der Waals surface area contributed by atoms with Crippen molar-refractivity contribution in [3.05, 3.63) is 35.4 Å². The van der Waals surface area contributed by atoms with E-state index in [4.69, 9.17) is 5.11 Å². The molecule has 1 aromatic carbocycles. The van der Waals surface area contributed by atoms with E-state index < -0.39 is 5.97 Å². The highest BCUT2D eigenvalue weighted by Crippen LogP contribution is 2.04. The molecule has 0 aliphatic carbocycles. The summed E-state index contributed by atoms with van der Waals surface area (Å²) in [7, 11) is 0. The standard InChI is InChI=1S/C9H10N2O2/c1-10-11-6-7-3-2-4-8(5-7)9(12)13/h2-5,11H,1,6H2,(H,12,13). The highest BCUT2D eigenvalue weighted by Gasteiger charge is 2.01. The number of hydrogen-bond acceptors (Lipinski definition) is 3.